The number of aryl methyl sites for hydroxylation is 1. The van der Waals surface area contributed by atoms with Crippen LogP contribution in [0.4, 0.5) is 15.8 Å². The van der Waals surface area contributed by atoms with Gasteiger partial charge in [0.15, 0.2) is 0 Å². The summed E-state index contributed by atoms with van der Waals surface area (Å²) in [5.74, 6) is -0.500. The number of carbonyl (C=O) groups excluding carboxylic acids is 1. The summed E-state index contributed by atoms with van der Waals surface area (Å²) in [5.41, 5.74) is 3.51. The maximum Gasteiger partial charge on any atom is 0.261 e. The molecular formula is C33H33FN4O4S. The van der Waals surface area contributed by atoms with E-state index in [0.717, 1.165) is 23.7 Å². The summed E-state index contributed by atoms with van der Waals surface area (Å²) in [5, 5.41) is 2.93. The molecule has 1 aromatic heterocycles. The first-order valence-corrected chi connectivity index (χ1v) is 15.9. The molecule has 8 nitrogen and oxygen atoms in total. The number of hydrogen-bond acceptors (Lipinski definition) is 5. The Balaban J connectivity index is 1.30. The second-order valence-corrected chi connectivity index (χ2v) is 13.0. The Morgan fingerprint density at radius 3 is 2.56 bits per heavy atom. The molecule has 2 N–H and O–H groups in total. The number of fused-ring (bicyclic) bond motifs is 4. The van der Waals surface area contributed by atoms with Crippen molar-refractivity contribution in [1.82, 2.24) is 9.88 Å². The second-order valence-electron chi connectivity index (χ2n) is 11.3. The summed E-state index contributed by atoms with van der Waals surface area (Å²) < 4.78 is 45.5. The monoisotopic (exact) mass is 600 g/mol. The minimum Gasteiger partial charge on any atom is -0.369 e. The molecule has 43 heavy (non-hydrogen) atoms. The lowest BCUT2D eigenvalue weighted by Gasteiger charge is -2.44. The van der Waals surface area contributed by atoms with Crippen LogP contribution in [0.15, 0.2) is 94.6 Å². The van der Waals surface area contributed by atoms with Gasteiger partial charge in [-0.3, -0.25) is 14.3 Å². The molecule has 0 saturated carbocycles. The van der Waals surface area contributed by atoms with Crippen molar-refractivity contribution in [3.8, 4) is 0 Å². The summed E-state index contributed by atoms with van der Waals surface area (Å²) >= 11 is 0. The number of aromatic nitrogens is 1. The van der Waals surface area contributed by atoms with Crippen molar-refractivity contribution in [2.24, 2.45) is 5.92 Å². The highest BCUT2D eigenvalue weighted by Gasteiger charge is 2.35. The number of sulfonamides is 1. The van der Waals surface area contributed by atoms with Crippen molar-refractivity contribution in [3.63, 3.8) is 0 Å². The van der Waals surface area contributed by atoms with E-state index in [9.17, 15) is 22.4 Å². The van der Waals surface area contributed by atoms with E-state index in [0.29, 0.717) is 43.9 Å². The number of nitrogens with one attached hydrogen (secondary N) is 2. The van der Waals surface area contributed by atoms with E-state index in [2.05, 4.69) is 14.9 Å². The topological polar surface area (TPSA) is 101 Å². The molecule has 1 amide bonds. The molecule has 1 saturated heterocycles. The molecular weight excluding hydrogens is 567 g/mol. The summed E-state index contributed by atoms with van der Waals surface area (Å²) in [7, 11) is -4.10. The predicted molar refractivity (Wildman–Crippen MR) is 165 cm³/mol. The van der Waals surface area contributed by atoms with Crippen molar-refractivity contribution in [2.45, 2.75) is 37.1 Å². The number of nitrogens with zero attached hydrogens (tertiary/aromatic N) is 2. The van der Waals surface area contributed by atoms with Crippen LogP contribution in [0.25, 0.3) is 0 Å². The van der Waals surface area contributed by atoms with Crippen LogP contribution in [0.1, 0.15) is 39.5 Å². The second kappa shape index (κ2) is 11.7. The first-order chi connectivity index (χ1) is 20.7. The summed E-state index contributed by atoms with van der Waals surface area (Å²) in [6, 6.07) is 23.8. The van der Waals surface area contributed by atoms with E-state index < -0.39 is 15.8 Å². The minimum atomic E-state index is -4.10. The lowest BCUT2D eigenvalue weighted by molar-refractivity contribution is 0.0954. The van der Waals surface area contributed by atoms with Crippen LogP contribution in [0, 0.1) is 18.7 Å². The number of hydrogen-bond donors (Lipinski definition) is 2. The van der Waals surface area contributed by atoms with Gasteiger partial charge in [-0.25, -0.2) is 12.8 Å². The molecule has 2 bridgehead atoms. The molecule has 3 heterocycles. The number of halogens is 1. The Bertz CT molecular complexity index is 1840. The smallest absolute Gasteiger partial charge is 0.261 e. The van der Waals surface area contributed by atoms with Gasteiger partial charge in [0, 0.05) is 49.4 Å². The van der Waals surface area contributed by atoms with Gasteiger partial charge in [-0.1, -0.05) is 36.4 Å². The van der Waals surface area contributed by atoms with Gasteiger partial charge >= 0.3 is 0 Å². The van der Waals surface area contributed by atoms with Crippen molar-refractivity contribution >= 4 is 27.3 Å². The molecule has 2 aliphatic rings. The van der Waals surface area contributed by atoms with Crippen LogP contribution in [0.2, 0.25) is 0 Å². The Morgan fingerprint density at radius 2 is 1.77 bits per heavy atom. The molecule has 2 atom stereocenters. The van der Waals surface area contributed by atoms with Crippen molar-refractivity contribution in [1.29, 1.82) is 0 Å². The molecule has 0 unspecified atom stereocenters. The molecule has 10 heteroatoms. The molecule has 1 fully saturated rings. The van der Waals surface area contributed by atoms with Crippen molar-refractivity contribution in [2.75, 3.05) is 29.3 Å². The fraction of sp³-hybridized carbons (Fsp3) is 0.273. The van der Waals surface area contributed by atoms with Crippen molar-refractivity contribution in [3.05, 3.63) is 123 Å². The zero-order chi connectivity index (χ0) is 30.1. The standard InChI is InChI=1S/C33H33FN4O4S/c1-22-16-27(11-12-28(22)34)43(41,42)36-29-18-25(33(40)35-15-14-23-6-3-2-4-7-23)10-13-31(29)37-19-24-17-26(21-37)30-8-5-9-32(39)38(30)20-24/h2-13,16,18,24,26,36H,14-15,17,19-21H2,1H3,(H,35,40)/t24-,26+/m1/s1. The van der Waals surface area contributed by atoms with E-state index in [4.69, 9.17) is 0 Å². The molecule has 2 aliphatic heterocycles. The fourth-order valence-corrected chi connectivity index (χ4v) is 7.33. The van der Waals surface area contributed by atoms with E-state index in [1.54, 1.807) is 30.3 Å². The van der Waals surface area contributed by atoms with Gasteiger partial charge in [0.2, 0.25) is 0 Å². The average Bonchev–Trinajstić information content (AvgIpc) is 2.99. The lowest BCUT2D eigenvalue weighted by Crippen LogP contribution is -2.47. The lowest BCUT2D eigenvalue weighted by atomic mass is 9.83. The van der Waals surface area contributed by atoms with Gasteiger partial charge in [-0.2, -0.15) is 0 Å². The van der Waals surface area contributed by atoms with Gasteiger partial charge in [0.1, 0.15) is 5.82 Å². The molecule has 3 aromatic carbocycles. The highest BCUT2D eigenvalue weighted by molar-refractivity contribution is 7.92. The normalized spacial score (nSPS) is 17.7. The van der Waals surface area contributed by atoms with Crippen LogP contribution < -0.4 is 20.5 Å². The zero-order valence-electron chi connectivity index (χ0n) is 23.8. The SMILES string of the molecule is Cc1cc(S(=O)(=O)Nc2cc(C(=O)NCCc3ccccc3)ccc2N2C[C@H]3C[C@@H](C2)c2cccc(=O)n2C3)ccc1F. The maximum atomic E-state index is 13.9. The Hall–Kier alpha value is -4.44. The van der Waals surface area contributed by atoms with Crippen LogP contribution >= 0.6 is 0 Å². The Kier molecular flexibility index (Phi) is 7.79. The number of piperidine rings is 1. The van der Waals surface area contributed by atoms with Crippen molar-refractivity contribution < 1.29 is 17.6 Å². The first kappa shape index (κ1) is 28.7. The number of anilines is 2. The molecule has 4 aromatic rings. The predicted octanol–water partition coefficient (Wildman–Crippen LogP) is 4.69. The van der Waals surface area contributed by atoms with Crippen LogP contribution in [0.5, 0.6) is 0 Å². The molecule has 0 aliphatic carbocycles. The van der Waals surface area contributed by atoms with Gasteiger partial charge in [-0.15, -0.1) is 0 Å². The zero-order valence-corrected chi connectivity index (χ0v) is 24.6. The summed E-state index contributed by atoms with van der Waals surface area (Å²) in [6.07, 6.45) is 1.60. The van der Waals surface area contributed by atoms with Crippen LogP contribution in [-0.2, 0) is 23.0 Å². The quantitative estimate of drug-likeness (QED) is 0.306. The third kappa shape index (κ3) is 6.06. The number of carbonyl (C=O) groups is 1. The van der Waals surface area contributed by atoms with Gasteiger partial charge in [0.25, 0.3) is 21.5 Å². The molecule has 0 radical (unpaired) electrons. The number of pyridine rings is 1. The van der Waals surface area contributed by atoms with Gasteiger partial charge in [0.05, 0.1) is 16.3 Å². The average molecular weight is 601 g/mol. The molecule has 222 valence electrons. The van der Waals surface area contributed by atoms with E-state index in [-0.39, 0.29) is 39.4 Å². The number of amides is 1. The van der Waals surface area contributed by atoms with E-state index >= 15 is 0 Å². The largest absolute Gasteiger partial charge is 0.369 e. The van der Waals surface area contributed by atoms with E-state index in [1.807, 2.05) is 41.0 Å². The minimum absolute atomic E-state index is 0.00804. The highest BCUT2D eigenvalue weighted by Crippen LogP contribution is 2.40. The Morgan fingerprint density at radius 1 is 0.953 bits per heavy atom. The highest BCUT2D eigenvalue weighted by atomic mass is 32.2. The maximum absolute atomic E-state index is 13.9. The summed E-state index contributed by atoms with van der Waals surface area (Å²) in [6.45, 7) is 3.75. The summed E-state index contributed by atoms with van der Waals surface area (Å²) in [4.78, 5) is 27.7. The molecule has 6 rings (SSSR count). The number of rotatable bonds is 8. The van der Waals surface area contributed by atoms with Crippen LogP contribution in [-0.4, -0.2) is 38.5 Å². The first-order valence-electron chi connectivity index (χ1n) is 14.4. The number of benzene rings is 3. The third-order valence-electron chi connectivity index (χ3n) is 8.31. The van der Waals surface area contributed by atoms with E-state index in [1.165, 1.54) is 19.1 Å². The third-order valence-corrected chi connectivity index (χ3v) is 9.67. The molecule has 0 spiro atoms. The Labute approximate surface area is 250 Å². The van der Waals surface area contributed by atoms with Crippen LogP contribution in [0.3, 0.4) is 0 Å². The van der Waals surface area contributed by atoms with Gasteiger partial charge in [-0.05, 0) is 79.3 Å². The fourth-order valence-electron chi connectivity index (χ4n) is 6.18. The van der Waals surface area contributed by atoms with Gasteiger partial charge < -0.3 is 14.8 Å².